The van der Waals surface area contributed by atoms with Gasteiger partial charge in [-0.1, -0.05) is 31.2 Å². The zero-order chi connectivity index (χ0) is 23.4. The fraction of sp³-hybridized carbons (Fsp3) is 0.308. The van der Waals surface area contributed by atoms with Crippen molar-refractivity contribution >= 4 is 11.7 Å². The minimum Gasteiger partial charge on any atom is -0.477 e. The number of aryl methyl sites for hydroxylation is 1. The molecule has 0 saturated carbocycles. The number of aromatic carboxylic acids is 1. The number of H-pyrrole nitrogens is 1. The Morgan fingerprint density at radius 1 is 1.21 bits per heavy atom. The summed E-state index contributed by atoms with van der Waals surface area (Å²) in [6.45, 7) is 5.38. The summed E-state index contributed by atoms with van der Waals surface area (Å²) in [7, 11) is 0. The summed E-state index contributed by atoms with van der Waals surface area (Å²) < 4.78 is 13.3. The van der Waals surface area contributed by atoms with E-state index in [1.165, 1.54) is 12.1 Å². The first kappa shape index (κ1) is 22.7. The molecule has 0 radical (unpaired) electrons. The third-order valence-electron chi connectivity index (χ3n) is 6.19. The molecule has 7 heteroatoms. The van der Waals surface area contributed by atoms with Gasteiger partial charge in [0.15, 0.2) is 0 Å². The van der Waals surface area contributed by atoms with Crippen molar-refractivity contribution in [2.45, 2.75) is 26.3 Å². The number of hydrogen-bond acceptors (Lipinski definition) is 4. The van der Waals surface area contributed by atoms with Crippen LogP contribution in [-0.2, 0) is 13.0 Å². The summed E-state index contributed by atoms with van der Waals surface area (Å²) in [5, 5.41) is 12.6. The molecular weight excluding hydrogens is 421 g/mol. The highest BCUT2D eigenvalue weighted by Crippen LogP contribution is 2.28. The van der Waals surface area contributed by atoms with Gasteiger partial charge in [-0.05, 0) is 65.8 Å². The molecule has 1 aromatic heterocycles. The van der Waals surface area contributed by atoms with E-state index >= 15 is 0 Å². The summed E-state index contributed by atoms with van der Waals surface area (Å²) in [6.07, 6.45) is 1.70. The highest BCUT2D eigenvalue weighted by atomic mass is 19.1. The molecule has 2 heterocycles. The number of nitrogens with one attached hydrogen (secondary N) is 2. The standard InChI is InChI=1S/C26H28FN3O3/c1-2-19-13-23(26(32)33)25(31)29-24(19)20-6-8-22(9-7-20)30-11-10-18(16-30)15-28-14-17-4-3-5-21(27)12-17/h3-9,12-13,18,28H,2,10-11,14-16H2,1H3,(H,29,31)(H,32,33). The molecular formula is C26H28FN3O3. The minimum atomic E-state index is -1.22. The lowest BCUT2D eigenvalue weighted by atomic mass is 10.0. The molecule has 3 aromatic rings. The van der Waals surface area contributed by atoms with Gasteiger partial charge < -0.3 is 20.3 Å². The first-order valence-electron chi connectivity index (χ1n) is 11.2. The predicted molar refractivity (Wildman–Crippen MR) is 127 cm³/mol. The van der Waals surface area contributed by atoms with Crippen LogP contribution in [-0.4, -0.2) is 35.7 Å². The van der Waals surface area contributed by atoms with Crippen molar-refractivity contribution in [3.05, 3.63) is 87.5 Å². The van der Waals surface area contributed by atoms with Crippen LogP contribution in [0.25, 0.3) is 11.3 Å². The maximum Gasteiger partial charge on any atom is 0.341 e. The number of aromatic nitrogens is 1. The van der Waals surface area contributed by atoms with E-state index in [1.54, 1.807) is 12.1 Å². The summed E-state index contributed by atoms with van der Waals surface area (Å²) in [5.74, 6) is -0.913. The average molecular weight is 450 g/mol. The number of aromatic amines is 1. The van der Waals surface area contributed by atoms with E-state index in [1.807, 2.05) is 37.3 Å². The summed E-state index contributed by atoms with van der Waals surface area (Å²) >= 11 is 0. The number of carboxylic acids is 1. The topological polar surface area (TPSA) is 85.4 Å². The van der Waals surface area contributed by atoms with E-state index < -0.39 is 11.5 Å². The quantitative estimate of drug-likeness (QED) is 0.483. The number of benzene rings is 2. The second-order valence-corrected chi connectivity index (χ2v) is 8.48. The third kappa shape index (κ3) is 5.31. The molecule has 33 heavy (non-hydrogen) atoms. The Bertz CT molecular complexity index is 1190. The van der Waals surface area contributed by atoms with Crippen molar-refractivity contribution < 1.29 is 14.3 Å². The molecule has 1 atom stereocenters. The van der Waals surface area contributed by atoms with Crippen molar-refractivity contribution in [3.63, 3.8) is 0 Å². The van der Waals surface area contributed by atoms with E-state index in [9.17, 15) is 19.1 Å². The number of halogens is 1. The molecule has 1 aliphatic heterocycles. The van der Waals surface area contributed by atoms with Gasteiger partial charge in [-0.3, -0.25) is 4.79 Å². The Labute approximate surface area is 192 Å². The van der Waals surface area contributed by atoms with E-state index in [4.69, 9.17) is 0 Å². The largest absolute Gasteiger partial charge is 0.477 e. The Balaban J connectivity index is 1.38. The monoisotopic (exact) mass is 449 g/mol. The lowest BCUT2D eigenvalue weighted by molar-refractivity contribution is 0.0695. The number of rotatable bonds is 8. The molecule has 1 saturated heterocycles. The molecule has 3 N–H and O–H groups in total. The number of pyridine rings is 1. The zero-order valence-corrected chi connectivity index (χ0v) is 18.6. The molecule has 1 unspecified atom stereocenters. The van der Waals surface area contributed by atoms with Gasteiger partial charge in [-0.25, -0.2) is 9.18 Å². The lowest BCUT2D eigenvalue weighted by Gasteiger charge is -2.19. The molecule has 6 nitrogen and oxygen atoms in total. The minimum absolute atomic E-state index is 0.210. The number of anilines is 1. The third-order valence-corrected chi connectivity index (χ3v) is 6.19. The van der Waals surface area contributed by atoms with Crippen LogP contribution in [0.2, 0.25) is 0 Å². The van der Waals surface area contributed by atoms with Crippen LogP contribution in [0.4, 0.5) is 10.1 Å². The molecule has 2 aromatic carbocycles. The van der Waals surface area contributed by atoms with E-state index in [0.717, 1.165) is 48.4 Å². The van der Waals surface area contributed by atoms with Crippen molar-refractivity contribution in [3.8, 4) is 11.3 Å². The Kier molecular flexibility index (Phi) is 6.89. The predicted octanol–water partition coefficient (Wildman–Crippen LogP) is 4.06. The van der Waals surface area contributed by atoms with Crippen LogP contribution in [0.1, 0.15) is 34.8 Å². The van der Waals surface area contributed by atoms with Crippen LogP contribution < -0.4 is 15.8 Å². The molecule has 0 aliphatic carbocycles. The molecule has 1 fully saturated rings. The summed E-state index contributed by atoms with van der Waals surface area (Å²) in [4.78, 5) is 28.5. The van der Waals surface area contributed by atoms with Gasteiger partial charge >= 0.3 is 5.97 Å². The van der Waals surface area contributed by atoms with Gasteiger partial charge in [0.25, 0.3) is 5.56 Å². The smallest absolute Gasteiger partial charge is 0.341 e. The first-order chi connectivity index (χ1) is 15.9. The second-order valence-electron chi connectivity index (χ2n) is 8.48. The maximum absolute atomic E-state index is 13.3. The second kappa shape index (κ2) is 10.0. The molecule has 1 aliphatic rings. The highest BCUT2D eigenvalue weighted by molar-refractivity contribution is 5.88. The van der Waals surface area contributed by atoms with Crippen molar-refractivity contribution in [1.29, 1.82) is 0 Å². The van der Waals surface area contributed by atoms with Crippen LogP contribution in [0.5, 0.6) is 0 Å². The van der Waals surface area contributed by atoms with E-state index in [-0.39, 0.29) is 11.4 Å². The fourth-order valence-corrected chi connectivity index (χ4v) is 4.41. The van der Waals surface area contributed by atoms with Crippen molar-refractivity contribution in [1.82, 2.24) is 10.3 Å². The average Bonchev–Trinajstić information content (AvgIpc) is 3.28. The Morgan fingerprint density at radius 2 is 2.00 bits per heavy atom. The summed E-state index contributed by atoms with van der Waals surface area (Å²) in [5.41, 5.74) is 3.56. The van der Waals surface area contributed by atoms with Crippen molar-refractivity contribution in [2.24, 2.45) is 5.92 Å². The zero-order valence-electron chi connectivity index (χ0n) is 18.6. The van der Waals surface area contributed by atoms with Crippen LogP contribution >= 0.6 is 0 Å². The fourth-order valence-electron chi connectivity index (χ4n) is 4.41. The molecule has 0 spiro atoms. The Morgan fingerprint density at radius 3 is 2.70 bits per heavy atom. The van der Waals surface area contributed by atoms with E-state index in [0.29, 0.717) is 24.6 Å². The van der Waals surface area contributed by atoms with E-state index in [2.05, 4.69) is 15.2 Å². The summed E-state index contributed by atoms with van der Waals surface area (Å²) in [6, 6.07) is 16.1. The number of nitrogens with zero attached hydrogens (tertiary/aromatic N) is 1. The SMILES string of the molecule is CCc1cc(C(=O)O)c(=O)[nH]c1-c1ccc(N2CCC(CNCc3cccc(F)c3)C2)cc1. The number of carbonyl (C=O) groups is 1. The van der Waals surface area contributed by atoms with Crippen LogP contribution in [0.15, 0.2) is 59.4 Å². The Hall–Kier alpha value is -3.45. The molecule has 0 amide bonds. The van der Waals surface area contributed by atoms with Crippen LogP contribution in [0, 0.1) is 11.7 Å². The first-order valence-corrected chi connectivity index (χ1v) is 11.2. The highest BCUT2D eigenvalue weighted by Gasteiger charge is 2.22. The number of carboxylic acid groups (broad SMARTS) is 1. The maximum atomic E-state index is 13.3. The van der Waals surface area contributed by atoms with Gasteiger partial charge in [-0.15, -0.1) is 0 Å². The van der Waals surface area contributed by atoms with Crippen LogP contribution in [0.3, 0.4) is 0 Å². The van der Waals surface area contributed by atoms with Gasteiger partial charge in [0, 0.05) is 31.9 Å². The normalized spacial score (nSPS) is 15.7. The lowest BCUT2D eigenvalue weighted by Crippen LogP contribution is -2.26. The van der Waals surface area contributed by atoms with Gasteiger partial charge in [0.05, 0.1) is 5.69 Å². The molecule has 172 valence electrons. The number of hydrogen-bond donors (Lipinski definition) is 3. The van der Waals surface area contributed by atoms with Gasteiger partial charge in [0.2, 0.25) is 0 Å². The van der Waals surface area contributed by atoms with Gasteiger partial charge in [-0.2, -0.15) is 0 Å². The van der Waals surface area contributed by atoms with Gasteiger partial charge in [0.1, 0.15) is 11.4 Å². The molecule has 4 rings (SSSR count). The van der Waals surface area contributed by atoms with Crippen molar-refractivity contribution in [2.75, 3.05) is 24.5 Å². The molecule has 0 bridgehead atoms.